The molecule has 0 bridgehead atoms. The molecule has 1 aromatic carbocycles. The third-order valence-electron chi connectivity index (χ3n) is 4.71. The minimum Gasteiger partial charge on any atom is -0.508 e. The Hall–Kier alpha value is -2.77. The molecule has 0 aromatic heterocycles. The molecule has 1 rings (SSSR count). The van der Waals surface area contributed by atoms with Gasteiger partial charge in [-0.1, -0.05) is 26.0 Å². The molecule has 0 aliphatic heterocycles. The first kappa shape index (κ1) is 28.3. The summed E-state index contributed by atoms with van der Waals surface area (Å²) in [6.45, 7) is 18.1. The Morgan fingerprint density at radius 3 is 1.82 bits per heavy atom. The van der Waals surface area contributed by atoms with Gasteiger partial charge in [0.25, 0.3) is 0 Å². The van der Waals surface area contributed by atoms with Gasteiger partial charge in [0.1, 0.15) is 23.4 Å². The van der Waals surface area contributed by atoms with Crippen molar-refractivity contribution in [2.45, 2.75) is 98.5 Å². The Bertz CT molecular complexity index is 820. The van der Waals surface area contributed by atoms with Crippen molar-refractivity contribution in [2.24, 2.45) is 5.92 Å². The number of aromatic hydroxyl groups is 1. The molecule has 0 radical (unpaired) electrons. The van der Waals surface area contributed by atoms with Gasteiger partial charge < -0.3 is 25.4 Å². The quantitative estimate of drug-likeness (QED) is 0.563. The summed E-state index contributed by atoms with van der Waals surface area (Å²) in [6, 6.07) is 4.18. The SMILES string of the molecule is CC(C)NC(=O)C(c1ccc(O)cc1)N(C(=O)C(NC(=O)OC(C)(C)C)C(C)C)C(C)(C)C. The van der Waals surface area contributed by atoms with E-state index in [1.807, 2.05) is 48.5 Å². The van der Waals surface area contributed by atoms with E-state index in [4.69, 9.17) is 4.74 Å². The zero-order valence-electron chi connectivity index (χ0n) is 21.6. The van der Waals surface area contributed by atoms with Gasteiger partial charge in [-0.15, -0.1) is 0 Å². The number of phenols is 1. The highest BCUT2D eigenvalue weighted by Gasteiger charge is 2.42. The van der Waals surface area contributed by atoms with Crippen LogP contribution >= 0.6 is 0 Å². The van der Waals surface area contributed by atoms with E-state index in [0.717, 1.165) is 0 Å². The normalized spacial score (nSPS) is 13.9. The number of alkyl carbamates (subject to hydrolysis) is 1. The average molecular weight is 464 g/mol. The second kappa shape index (κ2) is 10.9. The molecule has 1 aromatic rings. The summed E-state index contributed by atoms with van der Waals surface area (Å²) in [5, 5.41) is 15.3. The van der Waals surface area contributed by atoms with Crippen molar-refractivity contribution < 1.29 is 24.2 Å². The van der Waals surface area contributed by atoms with Crippen LogP contribution in [0, 0.1) is 5.92 Å². The fraction of sp³-hybridized carbons (Fsp3) is 0.640. The molecule has 186 valence electrons. The van der Waals surface area contributed by atoms with Crippen LogP contribution in [0.2, 0.25) is 0 Å². The molecule has 0 heterocycles. The number of hydrogen-bond acceptors (Lipinski definition) is 5. The largest absolute Gasteiger partial charge is 0.508 e. The van der Waals surface area contributed by atoms with E-state index in [1.165, 1.54) is 17.0 Å². The van der Waals surface area contributed by atoms with Crippen LogP contribution in [0.4, 0.5) is 4.79 Å². The van der Waals surface area contributed by atoms with Gasteiger partial charge in [-0.2, -0.15) is 0 Å². The van der Waals surface area contributed by atoms with Crippen molar-refractivity contribution in [2.75, 3.05) is 0 Å². The fourth-order valence-corrected chi connectivity index (χ4v) is 3.38. The van der Waals surface area contributed by atoms with Crippen LogP contribution in [0.3, 0.4) is 0 Å². The topological polar surface area (TPSA) is 108 Å². The first-order chi connectivity index (χ1) is 14.9. The van der Waals surface area contributed by atoms with Crippen molar-refractivity contribution in [3.8, 4) is 5.75 Å². The van der Waals surface area contributed by atoms with E-state index in [0.29, 0.717) is 5.56 Å². The van der Waals surface area contributed by atoms with Crippen molar-refractivity contribution in [1.29, 1.82) is 0 Å². The minimum absolute atomic E-state index is 0.0575. The van der Waals surface area contributed by atoms with Crippen LogP contribution in [0.5, 0.6) is 5.75 Å². The third kappa shape index (κ3) is 8.59. The molecular weight excluding hydrogens is 422 g/mol. The Balaban J connectivity index is 3.51. The van der Waals surface area contributed by atoms with E-state index in [1.54, 1.807) is 32.9 Å². The standard InChI is InChI=1S/C25H41N3O5/c1-15(2)19(27-23(32)33-25(8,9)10)22(31)28(24(5,6)7)20(21(30)26-16(3)4)17-11-13-18(29)14-12-17/h11-16,19-20,29H,1-10H3,(H,26,30)(H,27,32). The maximum Gasteiger partial charge on any atom is 0.408 e. The van der Waals surface area contributed by atoms with Crippen LogP contribution in [-0.4, -0.2) is 51.1 Å². The fourth-order valence-electron chi connectivity index (χ4n) is 3.38. The van der Waals surface area contributed by atoms with Gasteiger partial charge in [-0.05, 0) is 79.0 Å². The third-order valence-corrected chi connectivity index (χ3v) is 4.71. The molecule has 2 atom stereocenters. The lowest BCUT2D eigenvalue weighted by Gasteiger charge is -2.43. The number of hydrogen-bond donors (Lipinski definition) is 3. The molecule has 0 saturated heterocycles. The maximum atomic E-state index is 13.9. The summed E-state index contributed by atoms with van der Waals surface area (Å²) < 4.78 is 5.36. The van der Waals surface area contributed by atoms with Crippen LogP contribution in [0.25, 0.3) is 0 Å². The second-order valence-corrected chi connectivity index (χ2v) is 10.9. The number of benzene rings is 1. The van der Waals surface area contributed by atoms with Gasteiger partial charge in [-0.3, -0.25) is 9.59 Å². The molecule has 0 aliphatic carbocycles. The number of nitrogens with zero attached hydrogens (tertiary/aromatic N) is 1. The number of phenolic OH excluding ortho intramolecular Hbond substituents is 1. The van der Waals surface area contributed by atoms with Gasteiger partial charge >= 0.3 is 6.09 Å². The zero-order valence-corrected chi connectivity index (χ0v) is 21.6. The van der Waals surface area contributed by atoms with Crippen molar-refractivity contribution >= 4 is 17.9 Å². The van der Waals surface area contributed by atoms with Gasteiger partial charge in [0.05, 0.1) is 0 Å². The molecule has 8 nitrogen and oxygen atoms in total. The van der Waals surface area contributed by atoms with E-state index in [9.17, 15) is 19.5 Å². The van der Waals surface area contributed by atoms with Crippen LogP contribution in [-0.2, 0) is 14.3 Å². The summed E-state index contributed by atoms with van der Waals surface area (Å²) in [5.41, 5.74) is -0.935. The van der Waals surface area contributed by atoms with Crippen molar-refractivity contribution in [3.05, 3.63) is 29.8 Å². The average Bonchev–Trinajstić information content (AvgIpc) is 2.61. The monoisotopic (exact) mass is 463 g/mol. The summed E-state index contributed by atoms with van der Waals surface area (Å²) in [7, 11) is 0. The van der Waals surface area contributed by atoms with Gasteiger partial charge in [0.15, 0.2) is 0 Å². The molecule has 3 N–H and O–H groups in total. The highest BCUT2D eigenvalue weighted by atomic mass is 16.6. The molecular formula is C25H41N3O5. The molecule has 33 heavy (non-hydrogen) atoms. The van der Waals surface area contributed by atoms with Gasteiger partial charge in [0, 0.05) is 11.6 Å². The molecule has 3 amide bonds. The Kier molecular flexibility index (Phi) is 9.33. The highest BCUT2D eigenvalue weighted by Crippen LogP contribution is 2.31. The lowest BCUT2D eigenvalue weighted by Crippen LogP contribution is -2.60. The number of amides is 3. The number of ether oxygens (including phenoxy) is 1. The van der Waals surface area contributed by atoms with Crippen molar-refractivity contribution in [3.63, 3.8) is 0 Å². The van der Waals surface area contributed by atoms with Crippen LogP contribution in [0.15, 0.2) is 24.3 Å². The second-order valence-electron chi connectivity index (χ2n) is 10.9. The molecule has 8 heteroatoms. The lowest BCUT2D eigenvalue weighted by atomic mass is 9.93. The Morgan fingerprint density at radius 1 is 0.909 bits per heavy atom. The molecule has 0 fully saturated rings. The van der Waals surface area contributed by atoms with Gasteiger partial charge in [0.2, 0.25) is 11.8 Å². The van der Waals surface area contributed by atoms with Crippen LogP contribution in [0.1, 0.15) is 80.8 Å². The Morgan fingerprint density at radius 2 is 1.42 bits per heavy atom. The van der Waals surface area contributed by atoms with Gasteiger partial charge in [-0.25, -0.2) is 4.79 Å². The minimum atomic E-state index is -0.970. The molecule has 0 aliphatic rings. The molecule has 0 spiro atoms. The Labute approximate surface area is 198 Å². The van der Waals surface area contributed by atoms with Crippen LogP contribution < -0.4 is 10.6 Å². The summed E-state index contributed by atoms with van der Waals surface area (Å²) in [4.78, 5) is 41.3. The summed E-state index contributed by atoms with van der Waals surface area (Å²) in [5.74, 6) is -0.954. The summed E-state index contributed by atoms with van der Waals surface area (Å²) >= 11 is 0. The molecule has 0 saturated carbocycles. The molecule has 2 unspecified atom stereocenters. The first-order valence-electron chi connectivity index (χ1n) is 11.4. The van der Waals surface area contributed by atoms with E-state index in [-0.39, 0.29) is 23.6 Å². The number of carbonyl (C=O) groups is 3. The first-order valence-corrected chi connectivity index (χ1v) is 11.4. The van der Waals surface area contributed by atoms with E-state index in [2.05, 4.69) is 10.6 Å². The number of rotatable bonds is 7. The van der Waals surface area contributed by atoms with Crippen molar-refractivity contribution in [1.82, 2.24) is 15.5 Å². The zero-order chi connectivity index (χ0) is 25.7. The van der Waals surface area contributed by atoms with E-state index >= 15 is 0 Å². The van der Waals surface area contributed by atoms with E-state index < -0.39 is 35.2 Å². The maximum absolute atomic E-state index is 13.9. The highest BCUT2D eigenvalue weighted by molar-refractivity contribution is 5.92. The predicted molar refractivity (Wildman–Crippen MR) is 129 cm³/mol. The summed E-state index contributed by atoms with van der Waals surface area (Å²) in [6.07, 6.45) is -0.698. The smallest absolute Gasteiger partial charge is 0.408 e. The number of carbonyl (C=O) groups excluding carboxylic acids is 3. The predicted octanol–water partition coefficient (Wildman–Crippen LogP) is 4.13. The lowest BCUT2D eigenvalue weighted by molar-refractivity contribution is -0.149. The number of nitrogens with one attached hydrogen (secondary N) is 2.